The van der Waals surface area contributed by atoms with Gasteiger partial charge in [-0.2, -0.15) is 0 Å². The molecule has 0 unspecified atom stereocenters. The van der Waals surface area contributed by atoms with Crippen molar-refractivity contribution >= 4 is 11.6 Å². The molecule has 17 heavy (non-hydrogen) atoms. The van der Waals surface area contributed by atoms with Crippen molar-refractivity contribution in [1.29, 1.82) is 0 Å². The minimum absolute atomic E-state index is 0.0944. The van der Waals surface area contributed by atoms with E-state index in [0.29, 0.717) is 5.56 Å². The van der Waals surface area contributed by atoms with E-state index in [1.54, 1.807) is 24.5 Å². The molecule has 0 aliphatic carbocycles. The molecule has 3 heteroatoms. The van der Waals surface area contributed by atoms with Gasteiger partial charge in [-0.3, -0.25) is 9.78 Å². The lowest BCUT2D eigenvalue weighted by Gasteiger charge is -2.07. The molecule has 0 aliphatic rings. The van der Waals surface area contributed by atoms with Crippen molar-refractivity contribution in [2.24, 2.45) is 0 Å². The number of anilines is 1. The summed E-state index contributed by atoms with van der Waals surface area (Å²) in [7, 11) is 0. The van der Waals surface area contributed by atoms with Crippen LogP contribution in [0, 0.1) is 13.8 Å². The van der Waals surface area contributed by atoms with Gasteiger partial charge >= 0.3 is 0 Å². The van der Waals surface area contributed by atoms with Crippen molar-refractivity contribution < 1.29 is 4.79 Å². The fourth-order valence-electron chi connectivity index (χ4n) is 1.59. The maximum atomic E-state index is 12.0. The van der Waals surface area contributed by atoms with Gasteiger partial charge in [-0.1, -0.05) is 17.7 Å². The lowest BCUT2D eigenvalue weighted by Crippen LogP contribution is -2.12. The highest BCUT2D eigenvalue weighted by atomic mass is 16.1. The van der Waals surface area contributed by atoms with Crippen LogP contribution in [0.25, 0.3) is 0 Å². The number of aromatic nitrogens is 1. The Morgan fingerprint density at radius 3 is 2.76 bits per heavy atom. The average molecular weight is 226 g/mol. The third kappa shape index (κ3) is 2.69. The third-order valence-electron chi connectivity index (χ3n) is 2.55. The van der Waals surface area contributed by atoms with Gasteiger partial charge in [-0.05, 0) is 37.6 Å². The number of aryl methyl sites for hydroxylation is 2. The summed E-state index contributed by atoms with van der Waals surface area (Å²) in [6, 6.07) is 9.31. The quantitative estimate of drug-likeness (QED) is 0.855. The monoisotopic (exact) mass is 226 g/mol. The topological polar surface area (TPSA) is 42.0 Å². The van der Waals surface area contributed by atoms with Crippen LogP contribution in [0.1, 0.15) is 21.5 Å². The third-order valence-corrected chi connectivity index (χ3v) is 2.55. The van der Waals surface area contributed by atoms with Crippen molar-refractivity contribution in [3.05, 3.63) is 59.4 Å². The van der Waals surface area contributed by atoms with Crippen molar-refractivity contribution in [2.45, 2.75) is 13.8 Å². The molecule has 1 N–H and O–H groups in total. The number of rotatable bonds is 2. The van der Waals surface area contributed by atoms with Gasteiger partial charge in [0.1, 0.15) is 0 Å². The van der Waals surface area contributed by atoms with Crippen LogP contribution in [-0.2, 0) is 0 Å². The molecule has 0 saturated carbocycles. The Bertz CT molecular complexity index is 549. The molecule has 1 amide bonds. The summed E-state index contributed by atoms with van der Waals surface area (Å²) >= 11 is 0. The fraction of sp³-hybridized carbons (Fsp3) is 0.143. The smallest absolute Gasteiger partial charge is 0.255 e. The maximum absolute atomic E-state index is 12.0. The number of hydrogen-bond acceptors (Lipinski definition) is 2. The Morgan fingerprint density at radius 1 is 1.24 bits per heavy atom. The molecule has 3 nitrogen and oxygen atoms in total. The standard InChI is InChI=1S/C14H14N2O/c1-10-4-3-5-12(8-10)14(17)16-13-6-7-15-9-11(13)2/h3-9H,1-2H3,(H,15,16,17). The molecule has 86 valence electrons. The molecule has 2 aromatic rings. The first kappa shape index (κ1) is 11.3. The summed E-state index contributed by atoms with van der Waals surface area (Å²) in [5.74, 6) is -0.0944. The van der Waals surface area contributed by atoms with E-state index in [0.717, 1.165) is 16.8 Å². The van der Waals surface area contributed by atoms with Gasteiger partial charge in [0.15, 0.2) is 0 Å². The second kappa shape index (κ2) is 4.78. The Kier molecular flexibility index (Phi) is 3.19. The van der Waals surface area contributed by atoms with E-state index in [9.17, 15) is 4.79 Å². The summed E-state index contributed by atoms with van der Waals surface area (Å²) < 4.78 is 0. The first-order valence-corrected chi connectivity index (χ1v) is 5.45. The fourth-order valence-corrected chi connectivity index (χ4v) is 1.59. The predicted octanol–water partition coefficient (Wildman–Crippen LogP) is 2.95. The van der Waals surface area contributed by atoms with E-state index < -0.39 is 0 Å². The minimum Gasteiger partial charge on any atom is -0.322 e. The van der Waals surface area contributed by atoms with Crippen LogP contribution in [0.2, 0.25) is 0 Å². The molecule has 0 radical (unpaired) electrons. The zero-order chi connectivity index (χ0) is 12.3. The number of amides is 1. The number of carbonyl (C=O) groups is 1. The average Bonchev–Trinajstić information content (AvgIpc) is 2.32. The maximum Gasteiger partial charge on any atom is 0.255 e. The van der Waals surface area contributed by atoms with Gasteiger partial charge < -0.3 is 5.32 Å². The Morgan fingerprint density at radius 2 is 2.06 bits per heavy atom. The van der Waals surface area contributed by atoms with Crippen LogP contribution in [0.3, 0.4) is 0 Å². The highest BCUT2D eigenvalue weighted by Crippen LogP contribution is 2.13. The van der Waals surface area contributed by atoms with E-state index in [1.165, 1.54) is 0 Å². The van der Waals surface area contributed by atoms with Gasteiger partial charge in [0.2, 0.25) is 0 Å². The summed E-state index contributed by atoms with van der Waals surface area (Å²) in [5, 5.41) is 2.87. The minimum atomic E-state index is -0.0944. The van der Waals surface area contributed by atoms with Crippen LogP contribution in [0.15, 0.2) is 42.7 Å². The predicted molar refractivity (Wildman–Crippen MR) is 68.1 cm³/mol. The summed E-state index contributed by atoms with van der Waals surface area (Å²) in [6.07, 6.45) is 3.39. The van der Waals surface area contributed by atoms with Crippen LogP contribution >= 0.6 is 0 Å². The molecule has 1 heterocycles. The van der Waals surface area contributed by atoms with Gasteiger partial charge in [0.05, 0.1) is 0 Å². The number of nitrogens with zero attached hydrogens (tertiary/aromatic N) is 1. The normalized spacial score (nSPS) is 10.0. The molecule has 0 saturated heterocycles. The summed E-state index contributed by atoms with van der Waals surface area (Å²) in [5.41, 5.74) is 3.49. The van der Waals surface area contributed by atoms with E-state index in [-0.39, 0.29) is 5.91 Å². The van der Waals surface area contributed by atoms with E-state index in [1.807, 2.05) is 32.0 Å². The van der Waals surface area contributed by atoms with Gasteiger partial charge in [-0.15, -0.1) is 0 Å². The van der Waals surface area contributed by atoms with Gasteiger partial charge in [-0.25, -0.2) is 0 Å². The number of pyridine rings is 1. The number of benzene rings is 1. The van der Waals surface area contributed by atoms with Crippen molar-refractivity contribution in [1.82, 2.24) is 4.98 Å². The van der Waals surface area contributed by atoms with Crippen molar-refractivity contribution in [3.63, 3.8) is 0 Å². The zero-order valence-electron chi connectivity index (χ0n) is 9.90. The molecular weight excluding hydrogens is 212 g/mol. The highest BCUT2D eigenvalue weighted by molar-refractivity contribution is 6.04. The molecule has 0 bridgehead atoms. The van der Waals surface area contributed by atoms with Crippen molar-refractivity contribution in [3.8, 4) is 0 Å². The SMILES string of the molecule is Cc1cccc(C(=O)Nc2ccncc2C)c1. The Balaban J connectivity index is 2.20. The number of carbonyl (C=O) groups excluding carboxylic acids is 1. The molecule has 0 spiro atoms. The Hall–Kier alpha value is -2.16. The molecule has 1 aromatic heterocycles. The molecular formula is C14H14N2O. The molecule has 2 rings (SSSR count). The second-order valence-corrected chi connectivity index (χ2v) is 4.01. The zero-order valence-corrected chi connectivity index (χ0v) is 9.90. The van der Waals surface area contributed by atoms with E-state index >= 15 is 0 Å². The number of nitrogens with one attached hydrogen (secondary N) is 1. The first-order valence-electron chi connectivity index (χ1n) is 5.45. The van der Waals surface area contributed by atoms with Gasteiger partial charge in [0.25, 0.3) is 5.91 Å². The molecule has 0 aliphatic heterocycles. The number of hydrogen-bond donors (Lipinski definition) is 1. The van der Waals surface area contributed by atoms with Crippen molar-refractivity contribution in [2.75, 3.05) is 5.32 Å². The van der Waals surface area contributed by atoms with Gasteiger partial charge in [0, 0.05) is 23.6 Å². The Labute approximate surface area is 101 Å². The molecule has 0 fully saturated rings. The van der Waals surface area contributed by atoms with Crippen LogP contribution in [-0.4, -0.2) is 10.9 Å². The first-order chi connectivity index (χ1) is 8.16. The largest absolute Gasteiger partial charge is 0.322 e. The van der Waals surface area contributed by atoms with E-state index in [4.69, 9.17) is 0 Å². The lowest BCUT2D eigenvalue weighted by atomic mass is 10.1. The highest BCUT2D eigenvalue weighted by Gasteiger charge is 2.07. The van der Waals surface area contributed by atoms with E-state index in [2.05, 4.69) is 10.3 Å². The lowest BCUT2D eigenvalue weighted by molar-refractivity contribution is 0.102. The molecule has 0 atom stereocenters. The van der Waals surface area contributed by atoms with Crippen LogP contribution in [0.4, 0.5) is 5.69 Å². The second-order valence-electron chi connectivity index (χ2n) is 4.01. The summed E-state index contributed by atoms with van der Waals surface area (Å²) in [4.78, 5) is 16.0. The van der Waals surface area contributed by atoms with Crippen LogP contribution < -0.4 is 5.32 Å². The summed E-state index contributed by atoms with van der Waals surface area (Å²) in [6.45, 7) is 3.88. The van der Waals surface area contributed by atoms with Crippen LogP contribution in [0.5, 0.6) is 0 Å². The molecule has 1 aromatic carbocycles.